The van der Waals surface area contributed by atoms with E-state index in [4.69, 9.17) is 0 Å². The molecule has 6 rings (SSSR count). The number of benzene rings is 1. The van der Waals surface area contributed by atoms with Crippen LogP contribution in [0, 0.1) is 17.8 Å². The molecule has 1 aromatic heterocycles. The van der Waals surface area contributed by atoms with E-state index in [0.717, 1.165) is 29.9 Å². The first-order valence-electron chi connectivity index (χ1n) is 10.8. The van der Waals surface area contributed by atoms with Gasteiger partial charge in [-0.05, 0) is 68.8 Å². The van der Waals surface area contributed by atoms with E-state index in [-0.39, 0.29) is 5.41 Å². The third-order valence-electron chi connectivity index (χ3n) is 7.65. The predicted octanol–water partition coefficient (Wildman–Crippen LogP) is 6.11. The zero-order valence-electron chi connectivity index (χ0n) is 16.0. The predicted molar refractivity (Wildman–Crippen MR) is 107 cm³/mol. The van der Waals surface area contributed by atoms with Crippen LogP contribution in [0.15, 0.2) is 24.3 Å². The van der Waals surface area contributed by atoms with E-state index in [2.05, 4.69) is 35.8 Å². The fraction of sp³-hybridized carbons (Fsp3) is 0.625. The van der Waals surface area contributed by atoms with Gasteiger partial charge in [-0.2, -0.15) is 0 Å². The van der Waals surface area contributed by atoms with Crippen LogP contribution in [0.25, 0.3) is 10.9 Å². The minimum atomic E-state index is 0.274. The highest BCUT2D eigenvalue weighted by molar-refractivity contribution is 6.00. The molecule has 138 valence electrons. The molecule has 1 heterocycles. The van der Waals surface area contributed by atoms with Crippen LogP contribution in [0.4, 0.5) is 0 Å². The number of aryl methyl sites for hydroxylation is 1. The maximum absolute atomic E-state index is 12.3. The summed E-state index contributed by atoms with van der Waals surface area (Å²) in [5.41, 5.74) is 4.00. The Morgan fingerprint density at radius 3 is 2.31 bits per heavy atom. The first-order valence-corrected chi connectivity index (χ1v) is 10.8. The van der Waals surface area contributed by atoms with Gasteiger partial charge >= 0.3 is 0 Å². The molecule has 0 atom stereocenters. The van der Waals surface area contributed by atoms with Gasteiger partial charge in [-0.15, -0.1) is 0 Å². The van der Waals surface area contributed by atoms with Crippen LogP contribution in [0.1, 0.15) is 80.8 Å². The van der Waals surface area contributed by atoms with Crippen LogP contribution in [-0.4, -0.2) is 10.9 Å². The SMILES string of the molecule is CCCCCn1c(C23CC4CC(CC(C4)C2)C3)c(C=O)c2ccccc21. The standard InChI is InChI=1S/C24H31NO/c1-2-3-6-9-25-22-8-5-4-7-20(22)21(16-26)23(25)24-13-17-10-18(14-24)12-19(11-17)15-24/h4-5,7-8,16-19H,2-3,6,9-15H2,1H3. The highest BCUT2D eigenvalue weighted by Crippen LogP contribution is 2.61. The van der Waals surface area contributed by atoms with E-state index in [1.54, 1.807) is 0 Å². The second-order valence-corrected chi connectivity index (χ2v) is 9.45. The summed E-state index contributed by atoms with van der Waals surface area (Å²) in [5, 5.41) is 1.18. The van der Waals surface area contributed by atoms with E-state index >= 15 is 0 Å². The molecule has 4 aliphatic carbocycles. The molecule has 0 N–H and O–H groups in total. The molecule has 0 amide bonds. The molecule has 0 unspecified atom stereocenters. The van der Waals surface area contributed by atoms with Gasteiger partial charge < -0.3 is 4.57 Å². The van der Waals surface area contributed by atoms with Gasteiger partial charge in [0.2, 0.25) is 0 Å². The lowest BCUT2D eigenvalue weighted by Crippen LogP contribution is -2.49. The van der Waals surface area contributed by atoms with E-state index < -0.39 is 0 Å². The lowest BCUT2D eigenvalue weighted by Gasteiger charge is -2.57. The Balaban J connectivity index is 1.68. The number of carbonyl (C=O) groups is 1. The van der Waals surface area contributed by atoms with Crippen molar-refractivity contribution in [2.45, 2.75) is 76.7 Å². The number of aromatic nitrogens is 1. The Hall–Kier alpha value is -1.57. The van der Waals surface area contributed by atoms with E-state index in [9.17, 15) is 4.79 Å². The molecule has 4 aliphatic rings. The molecule has 2 aromatic rings. The van der Waals surface area contributed by atoms with Crippen molar-refractivity contribution in [2.75, 3.05) is 0 Å². The van der Waals surface area contributed by atoms with E-state index in [0.29, 0.717) is 0 Å². The number of hydrogen-bond donors (Lipinski definition) is 0. The van der Waals surface area contributed by atoms with Crippen LogP contribution in [0.2, 0.25) is 0 Å². The summed E-state index contributed by atoms with van der Waals surface area (Å²) in [5.74, 6) is 2.72. The topological polar surface area (TPSA) is 22.0 Å². The molecule has 4 saturated carbocycles. The van der Waals surface area contributed by atoms with Crippen LogP contribution in [0.5, 0.6) is 0 Å². The number of rotatable bonds is 6. The smallest absolute Gasteiger partial charge is 0.152 e. The van der Waals surface area contributed by atoms with Gasteiger partial charge in [0.05, 0.1) is 0 Å². The number of fused-ring (bicyclic) bond motifs is 1. The molecule has 0 spiro atoms. The fourth-order valence-electron chi connectivity index (χ4n) is 7.17. The van der Waals surface area contributed by atoms with Crippen molar-refractivity contribution in [1.82, 2.24) is 4.57 Å². The van der Waals surface area contributed by atoms with Gasteiger partial charge in [-0.3, -0.25) is 4.79 Å². The van der Waals surface area contributed by atoms with Crippen molar-refractivity contribution in [3.8, 4) is 0 Å². The minimum absolute atomic E-state index is 0.274. The summed E-state index contributed by atoms with van der Waals surface area (Å²) in [7, 11) is 0. The van der Waals surface area contributed by atoms with Gasteiger partial charge in [-0.25, -0.2) is 0 Å². The van der Waals surface area contributed by atoms with Crippen molar-refractivity contribution in [3.63, 3.8) is 0 Å². The third kappa shape index (κ3) is 2.41. The summed E-state index contributed by atoms with van der Waals surface area (Å²) in [6.45, 7) is 3.34. The first-order chi connectivity index (χ1) is 12.7. The average Bonchev–Trinajstić information content (AvgIpc) is 2.95. The number of hydrogen-bond acceptors (Lipinski definition) is 1. The second-order valence-electron chi connectivity index (χ2n) is 9.45. The lowest BCUT2D eigenvalue weighted by molar-refractivity contribution is -0.00891. The van der Waals surface area contributed by atoms with Crippen molar-refractivity contribution in [3.05, 3.63) is 35.5 Å². The summed E-state index contributed by atoms with van der Waals surface area (Å²) in [6.07, 6.45) is 13.2. The monoisotopic (exact) mass is 349 g/mol. The van der Waals surface area contributed by atoms with Crippen molar-refractivity contribution < 1.29 is 4.79 Å². The van der Waals surface area contributed by atoms with Gasteiger partial charge in [0.15, 0.2) is 6.29 Å². The Labute approximate surface area is 157 Å². The fourth-order valence-corrected chi connectivity index (χ4v) is 7.17. The molecular weight excluding hydrogens is 318 g/mol. The molecule has 4 fully saturated rings. The Morgan fingerprint density at radius 1 is 1.04 bits per heavy atom. The number of unbranched alkanes of at least 4 members (excludes halogenated alkanes) is 2. The largest absolute Gasteiger partial charge is 0.343 e. The second kappa shape index (κ2) is 6.25. The summed E-state index contributed by atoms with van der Waals surface area (Å²) >= 11 is 0. The molecular formula is C24H31NO. The summed E-state index contributed by atoms with van der Waals surface area (Å²) in [6, 6.07) is 8.63. The average molecular weight is 350 g/mol. The highest BCUT2D eigenvalue weighted by Gasteiger charge is 2.53. The molecule has 2 heteroatoms. The van der Waals surface area contributed by atoms with Crippen molar-refractivity contribution >= 4 is 17.2 Å². The maximum atomic E-state index is 12.3. The molecule has 2 nitrogen and oxygen atoms in total. The van der Waals surface area contributed by atoms with Crippen LogP contribution < -0.4 is 0 Å². The van der Waals surface area contributed by atoms with Gasteiger partial charge in [0.1, 0.15) is 0 Å². The molecule has 0 aliphatic heterocycles. The highest BCUT2D eigenvalue weighted by atomic mass is 16.1. The Bertz CT molecular complexity index is 795. The first kappa shape index (κ1) is 16.6. The summed E-state index contributed by atoms with van der Waals surface area (Å²) in [4.78, 5) is 12.3. The Morgan fingerprint density at radius 2 is 1.69 bits per heavy atom. The molecule has 4 bridgehead atoms. The van der Waals surface area contributed by atoms with Gasteiger partial charge in [-0.1, -0.05) is 38.0 Å². The number of nitrogens with zero attached hydrogens (tertiary/aromatic N) is 1. The summed E-state index contributed by atoms with van der Waals surface area (Å²) < 4.78 is 2.57. The molecule has 26 heavy (non-hydrogen) atoms. The lowest BCUT2D eigenvalue weighted by atomic mass is 9.48. The van der Waals surface area contributed by atoms with Crippen LogP contribution >= 0.6 is 0 Å². The van der Waals surface area contributed by atoms with Gasteiger partial charge in [0.25, 0.3) is 0 Å². The zero-order chi connectivity index (χ0) is 17.7. The third-order valence-corrected chi connectivity index (χ3v) is 7.65. The number of aldehydes is 1. The molecule has 0 radical (unpaired) electrons. The number of para-hydroxylation sites is 1. The van der Waals surface area contributed by atoms with Gasteiger partial charge in [0, 0.05) is 34.1 Å². The quantitative estimate of drug-likeness (QED) is 0.455. The van der Waals surface area contributed by atoms with Crippen molar-refractivity contribution in [2.24, 2.45) is 17.8 Å². The van der Waals surface area contributed by atoms with Crippen molar-refractivity contribution in [1.29, 1.82) is 0 Å². The van der Waals surface area contributed by atoms with E-state index in [1.807, 2.05) is 0 Å². The Kier molecular flexibility index (Phi) is 3.99. The number of carbonyl (C=O) groups excluding carboxylic acids is 1. The van der Waals surface area contributed by atoms with Crippen LogP contribution in [-0.2, 0) is 12.0 Å². The molecule has 0 saturated heterocycles. The zero-order valence-corrected chi connectivity index (χ0v) is 16.0. The minimum Gasteiger partial charge on any atom is -0.343 e. The van der Waals surface area contributed by atoms with E-state index in [1.165, 1.54) is 80.7 Å². The van der Waals surface area contributed by atoms with Crippen LogP contribution in [0.3, 0.4) is 0 Å². The molecule has 1 aromatic carbocycles. The normalized spacial score (nSPS) is 32.4. The maximum Gasteiger partial charge on any atom is 0.152 e.